The van der Waals surface area contributed by atoms with E-state index in [2.05, 4.69) is 4.98 Å². The van der Waals surface area contributed by atoms with Gasteiger partial charge in [0.05, 0.1) is 19.0 Å². The van der Waals surface area contributed by atoms with Crippen molar-refractivity contribution in [1.29, 1.82) is 0 Å². The van der Waals surface area contributed by atoms with Crippen molar-refractivity contribution in [1.82, 2.24) is 4.98 Å². The molecule has 4 heteroatoms. The molecular formula is C15H18N2O2. The van der Waals surface area contributed by atoms with Gasteiger partial charge in [0.2, 0.25) is 0 Å². The van der Waals surface area contributed by atoms with Crippen LogP contribution in [0.1, 0.15) is 12.0 Å². The van der Waals surface area contributed by atoms with Crippen LogP contribution in [-0.2, 0) is 6.61 Å². The van der Waals surface area contributed by atoms with E-state index in [4.69, 9.17) is 15.2 Å². The average Bonchev–Trinajstić information content (AvgIpc) is 2.47. The molecule has 0 saturated carbocycles. The Kier molecular flexibility index (Phi) is 5.19. The molecule has 0 aliphatic heterocycles. The Morgan fingerprint density at radius 2 is 1.74 bits per heavy atom. The molecule has 0 fully saturated rings. The lowest BCUT2D eigenvalue weighted by Crippen LogP contribution is -2.06. The predicted octanol–water partition coefficient (Wildman–Crippen LogP) is 2.39. The monoisotopic (exact) mass is 258 g/mol. The Morgan fingerprint density at radius 3 is 2.47 bits per heavy atom. The van der Waals surface area contributed by atoms with E-state index in [0.717, 1.165) is 12.0 Å². The lowest BCUT2D eigenvalue weighted by Gasteiger charge is -2.08. The predicted molar refractivity (Wildman–Crippen MR) is 74.2 cm³/mol. The SMILES string of the molecule is NCCCOc1cncc(OCc2ccccc2)c1. The molecule has 0 saturated heterocycles. The first-order valence-electron chi connectivity index (χ1n) is 6.33. The average molecular weight is 258 g/mol. The Morgan fingerprint density at radius 1 is 1.00 bits per heavy atom. The van der Waals surface area contributed by atoms with E-state index in [-0.39, 0.29) is 0 Å². The molecule has 2 rings (SSSR count). The van der Waals surface area contributed by atoms with Crippen molar-refractivity contribution in [2.75, 3.05) is 13.2 Å². The van der Waals surface area contributed by atoms with Gasteiger partial charge in [0, 0.05) is 6.07 Å². The van der Waals surface area contributed by atoms with Gasteiger partial charge >= 0.3 is 0 Å². The molecule has 0 aliphatic carbocycles. The number of nitrogens with two attached hydrogens (primary N) is 1. The van der Waals surface area contributed by atoms with Crippen LogP contribution in [0, 0.1) is 0 Å². The van der Waals surface area contributed by atoms with Gasteiger partial charge in [0.25, 0.3) is 0 Å². The number of hydrogen-bond acceptors (Lipinski definition) is 4. The van der Waals surface area contributed by atoms with Gasteiger partial charge in [-0.05, 0) is 18.5 Å². The van der Waals surface area contributed by atoms with Crippen molar-refractivity contribution in [3.63, 3.8) is 0 Å². The molecule has 2 N–H and O–H groups in total. The van der Waals surface area contributed by atoms with E-state index in [1.165, 1.54) is 0 Å². The van der Waals surface area contributed by atoms with Gasteiger partial charge in [-0.15, -0.1) is 0 Å². The first kappa shape index (κ1) is 13.4. The van der Waals surface area contributed by atoms with Crippen molar-refractivity contribution < 1.29 is 9.47 Å². The maximum absolute atomic E-state index is 5.67. The van der Waals surface area contributed by atoms with Crippen molar-refractivity contribution in [3.05, 3.63) is 54.4 Å². The second kappa shape index (κ2) is 7.38. The number of ether oxygens (including phenoxy) is 2. The minimum absolute atomic E-state index is 0.523. The topological polar surface area (TPSA) is 57.4 Å². The first-order chi connectivity index (χ1) is 9.38. The third-order valence-corrected chi connectivity index (χ3v) is 2.55. The van der Waals surface area contributed by atoms with Crippen molar-refractivity contribution in [3.8, 4) is 11.5 Å². The molecule has 0 aliphatic rings. The molecule has 0 radical (unpaired) electrons. The molecule has 1 heterocycles. The zero-order valence-electron chi connectivity index (χ0n) is 10.8. The molecule has 0 bridgehead atoms. The van der Waals surface area contributed by atoms with Gasteiger partial charge in [-0.3, -0.25) is 4.98 Å². The van der Waals surface area contributed by atoms with Crippen LogP contribution in [0.3, 0.4) is 0 Å². The summed E-state index contributed by atoms with van der Waals surface area (Å²) in [5.74, 6) is 1.41. The van der Waals surface area contributed by atoms with E-state index >= 15 is 0 Å². The number of hydrogen-bond donors (Lipinski definition) is 1. The third-order valence-electron chi connectivity index (χ3n) is 2.55. The van der Waals surface area contributed by atoms with Gasteiger partial charge in [-0.2, -0.15) is 0 Å². The summed E-state index contributed by atoms with van der Waals surface area (Å²) in [6, 6.07) is 11.8. The molecule has 1 aromatic carbocycles. The highest BCUT2D eigenvalue weighted by atomic mass is 16.5. The summed E-state index contributed by atoms with van der Waals surface area (Å²) in [6.07, 6.45) is 4.18. The molecule has 0 amide bonds. The van der Waals surface area contributed by atoms with Crippen molar-refractivity contribution >= 4 is 0 Å². The van der Waals surface area contributed by atoms with Crippen LogP contribution in [0.15, 0.2) is 48.8 Å². The highest BCUT2D eigenvalue weighted by Gasteiger charge is 1.99. The summed E-state index contributed by atoms with van der Waals surface area (Å²) in [7, 11) is 0. The van der Waals surface area contributed by atoms with Crippen molar-refractivity contribution in [2.45, 2.75) is 13.0 Å². The van der Waals surface area contributed by atoms with E-state index in [9.17, 15) is 0 Å². The van der Waals surface area contributed by atoms with Crippen LogP contribution in [-0.4, -0.2) is 18.1 Å². The molecule has 4 nitrogen and oxygen atoms in total. The molecule has 0 spiro atoms. The van der Waals surface area contributed by atoms with Gasteiger partial charge < -0.3 is 15.2 Å². The van der Waals surface area contributed by atoms with E-state index in [0.29, 0.717) is 31.3 Å². The summed E-state index contributed by atoms with van der Waals surface area (Å²) in [5, 5.41) is 0. The van der Waals surface area contributed by atoms with E-state index < -0.39 is 0 Å². The third kappa shape index (κ3) is 4.60. The molecule has 1 aromatic heterocycles. The minimum Gasteiger partial charge on any atom is -0.492 e. The van der Waals surface area contributed by atoms with E-state index in [1.54, 1.807) is 12.4 Å². The van der Waals surface area contributed by atoms with Gasteiger partial charge in [-0.1, -0.05) is 30.3 Å². The molecule has 0 unspecified atom stereocenters. The molecule has 0 atom stereocenters. The van der Waals surface area contributed by atoms with Crippen molar-refractivity contribution in [2.24, 2.45) is 5.73 Å². The molecule has 19 heavy (non-hydrogen) atoms. The summed E-state index contributed by atoms with van der Waals surface area (Å²) in [4.78, 5) is 4.09. The molecular weight excluding hydrogens is 240 g/mol. The Bertz CT molecular complexity index is 489. The summed E-state index contributed by atoms with van der Waals surface area (Å²) < 4.78 is 11.2. The standard InChI is InChI=1S/C15H18N2O2/c16-7-4-8-18-14-9-15(11-17-10-14)19-12-13-5-2-1-3-6-13/h1-3,5-6,9-11H,4,7-8,12,16H2. The fourth-order valence-electron chi connectivity index (χ4n) is 1.57. The lowest BCUT2D eigenvalue weighted by molar-refractivity contribution is 0.291. The maximum Gasteiger partial charge on any atom is 0.141 e. The minimum atomic E-state index is 0.523. The fraction of sp³-hybridized carbons (Fsp3) is 0.267. The van der Waals surface area contributed by atoms with Crippen LogP contribution < -0.4 is 15.2 Å². The number of aromatic nitrogens is 1. The maximum atomic E-state index is 5.67. The van der Waals surface area contributed by atoms with Crippen LogP contribution in [0.2, 0.25) is 0 Å². The number of nitrogens with zero attached hydrogens (tertiary/aromatic N) is 1. The van der Waals surface area contributed by atoms with Gasteiger partial charge in [0.15, 0.2) is 0 Å². The second-order valence-electron chi connectivity index (χ2n) is 4.12. The summed E-state index contributed by atoms with van der Waals surface area (Å²) in [6.45, 7) is 1.74. The number of rotatable bonds is 7. The lowest BCUT2D eigenvalue weighted by atomic mass is 10.2. The molecule has 2 aromatic rings. The van der Waals surface area contributed by atoms with Gasteiger partial charge in [0.1, 0.15) is 18.1 Å². The normalized spacial score (nSPS) is 10.2. The number of benzene rings is 1. The van der Waals surface area contributed by atoms with Crippen LogP contribution in [0.5, 0.6) is 11.5 Å². The summed E-state index contributed by atoms with van der Waals surface area (Å²) in [5.41, 5.74) is 6.54. The fourth-order valence-corrected chi connectivity index (χ4v) is 1.57. The van der Waals surface area contributed by atoms with E-state index in [1.807, 2.05) is 36.4 Å². The number of pyridine rings is 1. The smallest absolute Gasteiger partial charge is 0.141 e. The Hall–Kier alpha value is -2.07. The van der Waals surface area contributed by atoms with Gasteiger partial charge in [-0.25, -0.2) is 0 Å². The zero-order chi connectivity index (χ0) is 13.3. The molecule has 100 valence electrons. The summed E-state index contributed by atoms with van der Waals surface area (Å²) >= 11 is 0. The highest BCUT2D eigenvalue weighted by Crippen LogP contribution is 2.18. The Labute approximate surface area is 113 Å². The largest absolute Gasteiger partial charge is 0.492 e. The Balaban J connectivity index is 1.88. The highest BCUT2D eigenvalue weighted by molar-refractivity contribution is 5.28. The first-order valence-corrected chi connectivity index (χ1v) is 6.33. The van der Waals surface area contributed by atoms with Crippen LogP contribution in [0.4, 0.5) is 0 Å². The van der Waals surface area contributed by atoms with Crippen LogP contribution in [0.25, 0.3) is 0 Å². The quantitative estimate of drug-likeness (QED) is 0.775. The van der Waals surface area contributed by atoms with Crippen LogP contribution >= 0.6 is 0 Å². The zero-order valence-corrected chi connectivity index (χ0v) is 10.8. The second-order valence-corrected chi connectivity index (χ2v) is 4.12.